The van der Waals surface area contributed by atoms with Crippen LogP contribution in [0, 0.1) is 0 Å². The second kappa shape index (κ2) is 6.83. The molecule has 0 aromatic carbocycles. The first kappa shape index (κ1) is 13.4. The Morgan fingerprint density at radius 1 is 1.19 bits per heavy atom. The van der Waals surface area contributed by atoms with Gasteiger partial charge in [0.25, 0.3) is 0 Å². The molecule has 1 aliphatic rings. The zero-order valence-corrected chi connectivity index (χ0v) is 10.5. The zero-order valence-electron chi connectivity index (χ0n) is 10.5. The minimum Gasteiger partial charge on any atom is -0.348 e. The quantitative estimate of drug-likeness (QED) is 0.658. The number of carbonyl (C=O) groups is 1. The van der Waals surface area contributed by atoms with E-state index in [-0.39, 0.29) is 5.91 Å². The number of amides is 1. The van der Waals surface area contributed by atoms with Crippen LogP contribution in [0.3, 0.4) is 0 Å². The fourth-order valence-corrected chi connectivity index (χ4v) is 1.82. The van der Waals surface area contributed by atoms with Crippen molar-refractivity contribution in [3.63, 3.8) is 0 Å². The zero-order chi connectivity index (χ0) is 12.0. The van der Waals surface area contributed by atoms with Crippen molar-refractivity contribution in [2.24, 2.45) is 5.73 Å². The molecular weight excluding hydrogens is 204 g/mol. The summed E-state index contributed by atoms with van der Waals surface area (Å²) >= 11 is 0. The summed E-state index contributed by atoms with van der Waals surface area (Å²) in [4.78, 5) is 17.8. The van der Waals surface area contributed by atoms with Gasteiger partial charge in [-0.25, -0.2) is 0 Å². The molecule has 0 radical (unpaired) electrons. The Hall–Kier alpha value is -0.650. The molecule has 1 heterocycles. The van der Waals surface area contributed by atoms with E-state index in [2.05, 4.69) is 9.80 Å². The molecule has 0 spiro atoms. The highest BCUT2D eigenvalue weighted by atomic mass is 16.2. The summed E-state index contributed by atoms with van der Waals surface area (Å²) in [5.74, 6) is 0.190. The van der Waals surface area contributed by atoms with Gasteiger partial charge in [0.1, 0.15) is 0 Å². The summed E-state index contributed by atoms with van der Waals surface area (Å²) in [5.41, 5.74) is 5.48. The van der Waals surface area contributed by atoms with Crippen LogP contribution in [-0.4, -0.2) is 80.5 Å². The number of nitrogens with zero attached hydrogens (tertiary/aromatic N) is 3. The maximum atomic E-state index is 11.5. The second-order valence-electron chi connectivity index (χ2n) is 4.55. The average Bonchev–Trinajstić information content (AvgIpc) is 2.28. The molecule has 1 fully saturated rings. The number of hydrogen-bond donors (Lipinski definition) is 1. The van der Waals surface area contributed by atoms with Gasteiger partial charge in [-0.05, 0) is 19.5 Å². The van der Waals surface area contributed by atoms with Gasteiger partial charge in [0.2, 0.25) is 5.91 Å². The summed E-state index contributed by atoms with van der Waals surface area (Å²) in [6.45, 7) is 6.50. The normalized spacial score (nSPS) is 18.7. The summed E-state index contributed by atoms with van der Waals surface area (Å²) in [7, 11) is 3.61. The molecule has 1 saturated heterocycles. The molecule has 0 atom stereocenters. The van der Waals surface area contributed by atoms with Crippen LogP contribution < -0.4 is 5.73 Å². The van der Waals surface area contributed by atoms with Gasteiger partial charge >= 0.3 is 0 Å². The van der Waals surface area contributed by atoms with Crippen molar-refractivity contribution in [3.05, 3.63) is 0 Å². The maximum Gasteiger partial charge on any atom is 0.236 e. The van der Waals surface area contributed by atoms with Crippen LogP contribution in [0.1, 0.15) is 6.42 Å². The third kappa shape index (κ3) is 4.47. The van der Waals surface area contributed by atoms with Gasteiger partial charge < -0.3 is 15.5 Å². The Morgan fingerprint density at radius 3 is 2.25 bits per heavy atom. The molecule has 94 valence electrons. The lowest BCUT2D eigenvalue weighted by atomic mass is 10.3. The number of carbonyl (C=O) groups excluding carboxylic acids is 1. The monoisotopic (exact) mass is 228 g/mol. The lowest BCUT2D eigenvalue weighted by Gasteiger charge is -2.34. The van der Waals surface area contributed by atoms with Crippen molar-refractivity contribution in [2.45, 2.75) is 6.42 Å². The SMILES string of the molecule is CN(C)C(=O)CN1CCN(CCCN)CC1. The van der Waals surface area contributed by atoms with Crippen LogP contribution in [0.4, 0.5) is 0 Å². The van der Waals surface area contributed by atoms with E-state index < -0.39 is 0 Å². The molecule has 5 heteroatoms. The van der Waals surface area contributed by atoms with Gasteiger partial charge in [-0.2, -0.15) is 0 Å². The number of nitrogens with two attached hydrogens (primary N) is 1. The number of rotatable bonds is 5. The predicted octanol–water partition coefficient (Wildman–Crippen LogP) is -0.959. The Balaban J connectivity index is 2.19. The fraction of sp³-hybridized carbons (Fsp3) is 0.909. The first-order valence-electron chi connectivity index (χ1n) is 5.98. The smallest absolute Gasteiger partial charge is 0.236 e. The van der Waals surface area contributed by atoms with Crippen molar-refractivity contribution in [3.8, 4) is 0 Å². The van der Waals surface area contributed by atoms with Gasteiger partial charge in [0.05, 0.1) is 6.54 Å². The molecular formula is C11H24N4O. The molecule has 5 nitrogen and oxygen atoms in total. The number of piperazine rings is 1. The molecule has 1 rings (SSSR count). The summed E-state index contributed by atoms with van der Waals surface area (Å²) in [6.07, 6.45) is 1.07. The lowest BCUT2D eigenvalue weighted by Crippen LogP contribution is -2.49. The highest BCUT2D eigenvalue weighted by molar-refractivity contribution is 5.77. The van der Waals surface area contributed by atoms with Crippen molar-refractivity contribution >= 4 is 5.91 Å². The Labute approximate surface area is 98.2 Å². The second-order valence-corrected chi connectivity index (χ2v) is 4.55. The van der Waals surface area contributed by atoms with Crippen molar-refractivity contribution in [1.29, 1.82) is 0 Å². The first-order valence-corrected chi connectivity index (χ1v) is 5.98. The summed E-state index contributed by atoms with van der Waals surface area (Å²) in [5, 5.41) is 0. The van der Waals surface area contributed by atoms with Crippen LogP contribution >= 0.6 is 0 Å². The highest BCUT2D eigenvalue weighted by Crippen LogP contribution is 2.02. The van der Waals surface area contributed by atoms with Crippen molar-refractivity contribution in [2.75, 3.05) is 59.9 Å². The van der Waals surface area contributed by atoms with Crippen LogP contribution in [0.15, 0.2) is 0 Å². The minimum atomic E-state index is 0.190. The van der Waals surface area contributed by atoms with Gasteiger partial charge in [0, 0.05) is 40.3 Å². The largest absolute Gasteiger partial charge is 0.348 e. The molecule has 1 amide bonds. The van der Waals surface area contributed by atoms with Gasteiger partial charge in [-0.15, -0.1) is 0 Å². The third-order valence-electron chi connectivity index (χ3n) is 3.00. The first-order chi connectivity index (χ1) is 7.63. The van der Waals surface area contributed by atoms with Crippen LogP contribution in [0.25, 0.3) is 0 Å². The lowest BCUT2D eigenvalue weighted by molar-refractivity contribution is -0.130. The molecule has 2 N–H and O–H groups in total. The molecule has 0 unspecified atom stereocenters. The van der Waals surface area contributed by atoms with Crippen molar-refractivity contribution < 1.29 is 4.79 Å². The van der Waals surface area contributed by atoms with E-state index in [1.807, 2.05) is 0 Å². The van der Waals surface area contributed by atoms with E-state index in [1.165, 1.54) is 0 Å². The van der Waals surface area contributed by atoms with Gasteiger partial charge in [-0.1, -0.05) is 0 Å². The highest BCUT2D eigenvalue weighted by Gasteiger charge is 2.18. The van der Waals surface area contributed by atoms with Crippen LogP contribution in [0.2, 0.25) is 0 Å². The van der Waals surface area contributed by atoms with E-state index >= 15 is 0 Å². The van der Waals surface area contributed by atoms with Crippen molar-refractivity contribution in [1.82, 2.24) is 14.7 Å². The Morgan fingerprint density at radius 2 is 1.75 bits per heavy atom. The van der Waals surface area contributed by atoms with Crippen LogP contribution in [0.5, 0.6) is 0 Å². The number of likely N-dealkylation sites (N-methyl/N-ethyl adjacent to an activating group) is 1. The standard InChI is InChI=1S/C11H24N4O/c1-13(2)11(16)10-15-8-6-14(7-9-15)5-3-4-12/h3-10,12H2,1-2H3. The van der Waals surface area contributed by atoms with E-state index in [0.717, 1.165) is 45.7 Å². The number of hydrogen-bond acceptors (Lipinski definition) is 4. The van der Waals surface area contributed by atoms with Gasteiger partial charge in [0.15, 0.2) is 0 Å². The van der Waals surface area contributed by atoms with E-state index in [4.69, 9.17) is 5.73 Å². The molecule has 0 saturated carbocycles. The van der Waals surface area contributed by atoms with E-state index in [0.29, 0.717) is 6.54 Å². The minimum absolute atomic E-state index is 0.190. The Kier molecular flexibility index (Phi) is 5.73. The van der Waals surface area contributed by atoms with E-state index in [9.17, 15) is 4.79 Å². The Bertz CT molecular complexity index is 212. The average molecular weight is 228 g/mol. The van der Waals surface area contributed by atoms with E-state index in [1.54, 1.807) is 19.0 Å². The molecule has 0 aromatic heterocycles. The van der Waals surface area contributed by atoms with Crippen LogP contribution in [-0.2, 0) is 4.79 Å². The molecule has 1 aliphatic heterocycles. The fourth-order valence-electron chi connectivity index (χ4n) is 1.82. The predicted molar refractivity (Wildman–Crippen MR) is 65.2 cm³/mol. The molecule has 0 aromatic rings. The molecule has 0 bridgehead atoms. The summed E-state index contributed by atoms with van der Waals surface area (Å²) < 4.78 is 0. The van der Waals surface area contributed by atoms with Gasteiger partial charge in [-0.3, -0.25) is 9.69 Å². The third-order valence-corrected chi connectivity index (χ3v) is 3.00. The molecule has 0 aliphatic carbocycles. The molecule has 16 heavy (non-hydrogen) atoms. The topological polar surface area (TPSA) is 52.8 Å². The summed E-state index contributed by atoms with van der Waals surface area (Å²) in [6, 6.07) is 0. The maximum absolute atomic E-state index is 11.5.